The summed E-state index contributed by atoms with van der Waals surface area (Å²) in [5, 5.41) is 9.77. The van der Waals surface area contributed by atoms with E-state index in [-0.39, 0.29) is 11.4 Å². The maximum absolute atomic E-state index is 13.2. The maximum Gasteiger partial charge on any atom is 0.333 e. The minimum atomic E-state index is -0.547. The molecule has 0 aliphatic rings. The number of fused-ring (bicyclic) bond motifs is 3. The fraction of sp³-hybridized carbons (Fsp3) is 0.0455. The lowest BCUT2D eigenvalue weighted by Gasteiger charge is -2.08. The van der Waals surface area contributed by atoms with Crippen molar-refractivity contribution >= 4 is 21.9 Å². The number of benzene rings is 1. The number of aromatic nitrogens is 5. The van der Waals surface area contributed by atoms with Gasteiger partial charge in [0.05, 0.1) is 34.6 Å². The third kappa shape index (κ3) is 2.64. The lowest BCUT2D eigenvalue weighted by Crippen LogP contribution is -2.21. The Hall–Kier alpha value is -4.38. The van der Waals surface area contributed by atoms with Crippen LogP contribution in [0.25, 0.3) is 38.8 Å². The zero-order chi connectivity index (χ0) is 20.8. The molecule has 0 aliphatic heterocycles. The average molecular weight is 396 g/mol. The quantitative estimate of drug-likeness (QED) is 0.427. The topological polar surface area (TPSA) is 89.4 Å². The Bertz CT molecular complexity index is 1530. The van der Waals surface area contributed by atoms with Crippen molar-refractivity contribution in [1.82, 2.24) is 24.1 Å². The fourth-order valence-electron chi connectivity index (χ4n) is 3.55. The van der Waals surface area contributed by atoms with E-state index >= 15 is 0 Å². The first-order valence-electron chi connectivity index (χ1n) is 9.05. The SMILES string of the molecule is Cn1c(=O)n(-c2ccc(C#N)nc2)c2c3cc(-c4ccc(F)nc4)ccc3ncc21. The highest BCUT2D eigenvalue weighted by atomic mass is 19.1. The van der Waals surface area contributed by atoms with Crippen LogP contribution in [0, 0.1) is 17.3 Å². The molecule has 30 heavy (non-hydrogen) atoms. The van der Waals surface area contributed by atoms with Gasteiger partial charge in [-0.25, -0.2) is 14.8 Å². The van der Waals surface area contributed by atoms with Gasteiger partial charge in [-0.2, -0.15) is 9.65 Å². The average Bonchev–Trinajstić information content (AvgIpc) is 3.04. The number of halogens is 1. The van der Waals surface area contributed by atoms with Crippen LogP contribution in [0.2, 0.25) is 0 Å². The molecule has 1 aromatic carbocycles. The third-order valence-corrected chi connectivity index (χ3v) is 5.06. The molecule has 0 saturated heterocycles. The first kappa shape index (κ1) is 17.7. The minimum Gasteiger partial charge on any atom is -0.293 e. The standard InChI is InChI=1S/C22H13FN6O/c1-28-19-12-26-18-6-2-13(14-3-7-20(23)27-10-14)8-17(18)21(19)29(22(28)30)16-5-4-15(9-24)25-11-16/h2-8,10-12H,1H3. The predicted octanol–water partition coefficient (Wildman–Crippen LogP) is 3.35. The molecule has 4 heterocycles. The van der Waals surface area contributed by atoms with Crippen LogP contribution in [0.1, 0.15) is 5.69 Å². The number of hydrogen-bond donors (Lipinski definition) is 0. The van der Waals surface area contributed by atoms with Crippen LogP contribution >= 0.6 is 0 Å². The summed E-state index contributed by atoms with van der Waals surface area (Å²) in [6, 6.07) is 13.8. The van der Waals surface area contributed by atoms with Gasteiger partial charge < -0.3 is 0 Å². The normalized spacial score (nSPS) is 11.1. The van der Waals surface area contributed by atoms with Crippen LogP contribution in [0.15, 0.2) is 65.8 Å². The first-order chi connectivity index (χ1) is 14.6. The van der Waals surface area contributed by atoms with Crippen molar-refractivity contribution in [2.45, 2.75) is 0 Å². The highest BCUT2D eigenvalue weighted by Crippen LogP contribution is 2.29. The van der Waals surface area contributed by atoms with Gasteiger partial charge in [-0.1, -0.05) is 6.07 Å². The summed E-state index contributed by atoms with van der Waals surface area (Å²) in [6.07, 6.45) is 4.62. The molecule has 0 amide bonds. The van der Waals surface area contributed by atoms with Gasteiger partial charge in [0.1, 0.15) is 11.8 Å². The van der Waals surface area contributed by atoms with Crippen LogP contribution in [0.3, 0.4) is 0 Å². The van der Waals surface area contributed by atoms with E-state index < -0.39 is 5.95 Å². The smallest absolute Gasteiger partial charge is 0.293 e. The second-order valence-electron chi connectivity index (χ2n) is 6.78. The van der Waals surface area contributed by atoms with Crippen molar-refractivity contribution in [2.24, 2.45) is 7.05 Å². The number of rotatable bonds is 2. The summed E-state index contributed by atoms with van der Waals surface area (Å²) in [5.41, 5.74) is 4.19. The zero-order valence-corrected chi connectivity index (χ0v) is 15.7. The highest BCUT2D eigenvalue weighted by molar-refractivity contribution is 6.04. The van der Waals surface area contributed by atoms with Gasteiger partial charge in [-0.3, -0.25) is 14.1 Å². The van der Waals surface area contributed by atoms with Gasteiger partial charge in [0.25, 0.3) is 0 Å². The molecule has 7 nitrogen and oxygen atoms in total. The van der Waals surface area contributed by atoms with Crippen LogP contribution in [0.5, 0.6) is 0 Å². The Morgan fingerprint density at radius 3 is 2.50 bits per heavy atom. The zero-order valence-electron chi connectivity index (χ0n) is 15.7. The second kappa shape index (κ2) is 6.60. The predicted molar refractivity (Wildman–Crippen MR) is 110 cm³/mol. The van der Waals surface area contributed by atoms with Crippen LogP contribution in [-0.2, 0) is 7.05 Å². The van der Waals surface area contributed by atoms with Crippen molar-refractivity contribution in [1.29, 1.82) is 5.26 Å². The summed E-state index contributed by atoms with van der Waals surface area (Å²) in [4.78, 5) is 25.3. The van der Waals surface area contributed by atoms with Crippen molar-refractivity contribution in [3.05, 3.63) is 83.2 Å². The van der Waals surface area contributed by atoms with E-state index in [0.717, 1.165) is 16.5 Å². The highest BCUT2D eigenvalue weighted by Gasteiger charge is 2.17. The summed E-state index contributed by atoms with van der Waals surface area (Å²) in [6.45, 7) is 0. The molecule has 0 N–H and O–H groups in total. The van der Waals surface area contributed by atoms with Crippen LogP contribution < -0.4 is 5.69 Å². The van der Waals surface area contributed by atoms with Crippen molar-refractivity contribution in [3.63, 3.8) is 0 Å². The van der Waals surface area contributed by atoms with E-state index in [1.54, 1.807) is 36.0 Å². The Labute approximate surface area is 169 Å². The molecule has 5 aromatic rings. The molecular weight excluding hydrogens is 383 g/mol. The number of imidazole rings is 1. The Morgan fingerprint density at radius 1 is 0.967 bits per heavy atom. The number of nitriles is 1. The number of hydrogen-bond acceptors (Lipinski definition) is 5. The molecule has 0 aliphatic carbocycles. The lowest BCUT2D eigenvalue weighted by molar-refractivity contribution is 0.584. The van der Waals surface area contributed by atoms with Gasteiger partial charge in [0.15, 0.2) is 0 Å². The molecule has 0 saturated carbocycles. The van der Waals surface area contributed by atoms with Gasteiger partial charge in [0.2, 0.25) is 5.95 Å². The van der Waals surface area contributed by atoms with E-state index in [1.807, 2.05) is 24.3 Å². The van der Waals surface area contributed by atoms with E-state index in [9.17, 15) is 9.18 Å². The molecular formula is C22H13FN6O. The fourth-order valence-corrected chi connectivity index (χ4v) is 3.55. The first-order valence-corrected chi connectivity index (χ1v) is 9.05. The second-order valence-corrected chi connectivity index (χ2v) is 6.78. The summed E-state index contributed by atoms with van der Waals surface area (Å²) in [5.74, 6) is -0.547. The molecule has 0 bridgehead atoms. The summed E-state index contributed by atoms with van der Waals surface area (Å²) in [7, 11) is 1.68. The lowest BCUT2D eigenvalue weighted by atomic mass is 10.0. The number of pyridine rings is 3. The van der Waals surface area contributed by atoms with Crippen molar-refractivity contribution in [3.8, 4) is 22.9 Å². The summed E-state index contributed by atoms with van der Waals surface area (Å²) >= 11 is 0. The molecule has 0 fully saturated rings. The maximum atomic E-state index is 13.2. The van der Waals surface area contributed by atoms with Gasteiger partial charge in [-0.15, -0.1) is 0 Å². The summed E-state index contributed by atoms with van der Waals surface area (Å²) < 4.78 is 16.3. The third-order valence-electron chi connectivity index (χ3n) is 5.06. The Kier molecular flexibility index (Phi) is 3.89. The molecule has 4 aromatic heterocycles. The molecule has 0 radical (unpaired) electrons. The largest absolute Gasteiger partial charge is 0.333 e. The number of aryl methyl sites for hydroxylation is 1. The van der Waals surface area contributed by atoms with Crippen LogP contribution in [0.4, 0.5) is 4.39 Å². The van der Waals surface area contributed by atoms with Crippen LogP contribution in [-0.4, -0.2) is 24.1 Å². The van der Waals surface area contributed by atoms with Crippen molar-refractivity contribution in [2.75, 3.05) is 0 Å². The molecule has 5 rings (SSSR count). The molecule has 144 valence electrons. The van der Waals surface area contributed by atoms with E-state index in [0.29, 0.717) is 22.2 Å². The molecule has 0 atom stereocenters. The Morgan fingerprint density at radius 2 is 1.80 bits per heavy atom. The van der Waals surface area contributed by atoms with Crippen molar-refractivity contribution < 1.29 is 4.39 Å². The van der Waals surface area contributed by atoms with Gasteiger partial charge >= 0.3 is 5.69 Å². The number of nitrogens with zero attached hydrogens (tertiary/aromatic N) is 6. The van der Waals surface area contributed by atoms with E-state index in [2.05, 4.69) is 15.0 Å². The minimum absolute atomic E-state index is 0.250. The molecule has 0 spiro atoms. The molecule has 8 heteroatoms. The Balaban J connectivity index is 1.84. The van der Waals surface area contributed by atoms with Gasteiger partial charge in [0, 0.05) is 24.2 Å². The van der Waals surface area contributed by atoms with E-state index in [4.69, 9.17) is 5.26 Å². The van der Waals surface area contributed by atoms with E-state index in [1.165, 1.54) is 23.0 Å². The van der Waals surface area contributed by atoms with Gasteiger partial charge in [-0.05, 0) is 42.0 Å². The monoisotopic (exact) mass is 396 g/mol. The molecule has 0 unspecified atom stereocenters.